The lowest BCUT2D eigenvalue weighted by Crippen LogP contribution is -2.30. The van der Waals surface area contributed by atoms with Gasteiger partial charge in [-0.25, -0.2) is 9.37 Å². The minimum atomic E-state index is -0.296. The van der Waals surface area contributed by atoms with Gasteiger partial charge in [0, 0.05) is 19.2 Å². The van der Waals surface area contributed by atoms with Gasteiger partial charge >= 0.3 is 0 Å². The van der Waals surface area contributed by atoms with E-state index >= 15 is 0 Å². The van der Waals surface area contributed by atoms with Crippen LogP contribution in [0.5, 0.6) is 0 Å². The molecule has 88 valence electrons. The summed E-state index contributed by atoms with van der Waals surface area (Å²) >= 11 is 0. The molecule has 1 N–H and O–H groups in total. The van der Waals surface area contributed by atoms with Crippen LogP contribution >= 0.6 is 0 Å². The van der Waals surface area contributed by atoms with Crippen LogP contribution in [0.4, 0.5) is 10.2 Å². The Morgan fingerprint density at radius 3 is 3.06 bits per heavy atom. The highest BCUT2D eigenvalue weighted by molar-refractivity contribution is 5.40. The number of halogens is 1. The van der Waals surface area contributed by atoms with Crippen molar-refractivity contribution in [2.45, 2.75) is 31.7 Å². The maximum atomic E-state index is 12.8. The first-order valence-corrected chi connectivity index (χ1v) is 5.80. The van der Waals surface area contributed by atoms with Gasteiger partial charge in [0.15, 0.2) is 0 Å². The summed E-state index contributed by atoms with van der Waals surface area (Å²) in [5, 5.41) is 8.84. The van der Waals surface area contributed by atoms with Gasteiger partial charge < -0.3 is 10.0 Å². The average Bonchev–Trinajstić information content (AvgIpc) is 2.75. The molecule has 1 aliphatic heterocycles. The fourth-order valence-electron chi connectivity index (χ4n) is 2.30. The highest BCUT2D eigenvalue weighted by atomic mass is 19.1. The van der Waals surface area contributed by atoms with Gasteiger partial charge in [0.1, 0.15) is 11.6 Å². The van der Waals surface area contributed by atoms with Crippen molar-refractivity contribution in [1.29, 1.82) is 0 Å². The Morgan fingerprint density at radius 2 is 2.38 bits per heavy atom. The Hall–Kier alpha value is -1.16. The fraction of sp³-hybridized carbons (Fsp3) is 0.583. The number of hydrogen-bond acceptors (Lipinski definition) is 3. The average molecular weight is 224 g/mol. The quantitative estimate of drug-likeness (QED) is 0.849. The maximum absolute atomic E-state index is 12.8. The summed E-state index contributed by atoms with van der Waals surface area (Å²) < 4.78 is 12.8. The molecule has 0 spiro atoms. The van der Waals surface area contributed by atoms with E-state index in [-0.39, 0.29) is 12.4 Å². The Kier molecular flexibility index (Phi) is 3.72. The van der Waals surface area contributed by atoms with Crippen molar-refractivity contribution < 1.29 is 9.50 Å². The SMILES string of the molecule is OCCCC1CCCN1c1ccc(F)cn1. The molecule has 3 nitrogen and oxygen atoms in total. The molecule has 0 saturated carbocycles. The third kappa shape index (κ3) is 2.50. The lowest BCUT2D eigenvalue weighted by atomic mass is 10.1. The van der Waals surface area contributed by atoms with Gasteiger partial charge in [0.2, 0.25) is 0 Å². The number of rotatable bonds is 4. The van der Waals surface area contributed by atoms with Crippen molar-refractivity contribution in [3.05, 3.63) is 24.1 Å². The molecule has 4 heteroatoms. The molecule has 16 heavy (non-hydrogen) atoms. The first-order valence-electron chi connectivity index (χ1n) is 5.80. The highest BCUT2D eigenvalue weighted by Crippen LogP contribution is 2.26. The number of nitrogens with zero attached hydrogens (tertiary/aromatic N) is 2. The number of aromatic nitrogens is 1. The number of aliphatic hydroxyl groups excluding tert-OH is 1. The van der Waals surface area contributed by atoms with Crippen molar-refractivity contribution in [2.24, 2.45) is 0 Å². The zero-order chi connectivity index (χ0) is 11.4. The molecule has 1 aromatic rings. The maximum Gasteiger partial charge on any atom is 0.141 e. The normalized spacial score (nSPS) is 20.4. The van der Waals surface area contributed by atoms with Crippen LogP contribution in [-0.4, -0.2) is 29.3 Å². The van der Waals surface area contributed by atoms with E-state index in [0.29, 0.717) is 6.04 Å². The minimum absolute atomic E-state index is 0.237. The number of hydrogen-bond donors (Lipinski definition) is 1. The predicted molar refractivity (Wildman–Crippen MR) is 60.9 cm³/mol. The molecule has 0 aliphatic carbocycles. The van der Waals surface area contributed by atoms with Gasteiger partial charge in [-0.15, -0.1) is 0 Å². The first kappa shape index (κ1) is 11.3. The molecule has 1 aromatic heterocycles. The van der Waals surface area contributed by atoms with Crippen molar-refractivity contribution in [1.82, 2.24) is 4.98 Å². The largest absolute Gasteiger partial charge is 0.396 e. The predicted octanol–water partition coefficient (Wildman–Crippen LogP) is 1.96. The van der Waals surface area contributed by atoms with Gasteiger partial charge in [-0.05, 0) is 37.8 Å². The van der Waals surface area contributed by atoms with Crippen molar-refractivity contribution in [3.8, 4) is 0 Å². The topological polar surface area (TPSA) is 36.4 Å². The van der Waals surface area contributed by atoms with Crippen LogP contribution in [0.25, 0.3) is 0 Å². The van der Waals surface area contributed by atoms with E-state index in [9.17, 15) is 4.39 Å². The van der Waals surface area contributed by atoms with Crippen LogP contribution in [0.3, 0.4) is 0 Å². The summed E-state index contributed by atoms with van der Waals surface area (Å²) in [4.78, 5) is 6.32. The molecule has 0 radical (unpaired) electrons. The number of anilines is 1. The highest BCUT2D eigenvalue weighted by Gasteiger charge is 2.24. The van der Waals surface area contributed by atoms with E-state index in [0.717, 1.165) is 38.0 Å². The molecule has 1 aliphatic rings. The summed E-state index contributed by atoms with van der Waals surface area (Å²) in [7, 11) is 0. The van der Waals surface area contributed by atoms with Crippen molar-refractivity contribution in [3.63, 3.8) is 0 Å². The third-order valence-electron chi connectivity index (χ3n) is 3.08. The first-order chi connectivity index (χ1) is 7.81. The van der Waals surface area contributed by atoms with Crippen molar-refractivity contribution >= 4 is 5.82 Å². The van der Waals surface area contributed by atoms with E-state index in [4.69, 9.17) is 5.11 Å². The van der Waals surface area contributed by atoms with Gasteiger partial charge in [-0.3, -0.25) is 0 Å². The van der Waals surface area contributed by atoms with Crippen LogP contribution in [-0.2, 0) is 0 Å². The Labute approximate surface area is 94.9 Å². The Bertz CT molecular complexity index is 328. The van der Waals surface area contributed by atoms with Gasteiger partial charge in [-0.1, -0.05) is 0 Å². The molecule has 0 aromatic carbocycles. The van der Waals surface area contributed by atoms with Crippen LogP contribution in [0.1, 0.15) is 25.7 Å². The summed E-state index contributed by atoms with van der Waals surface area (Å²) in [6, 6.07) is 3.63. The summed E-state index contributed by atoms with van der Waals surface area (Å²) in [5.41, 5.74) is 0. The molecule has 1 saturated heterocycles. The molecular formula is C12H17FN2O. The fourth-order valence-corrected chi connectivity index (χ4v) is 2.30. The number of pyridine rings is 1. The molecule has 1 atom stereocenters. The second kappa shape index (κ2) is 5.25. The molecule has 1 unspecified atom stereocenters. The molecule has 0 amide bonds. The summed E-state index contributed by atoms with van der Waals surface area (Å²) in [6.07, 6.45) is 5.35. The molecule has 0 bridgehead atoms. The van der Waals surface area contributed by atoms with E-state index < -0.39 is 0 Å². The zero-order valence-electron chi connectivity index (χ0n) is 9.27. The van der Waals surface area contributed by atoms with Crippen LogP contribution in [0, 0.1) is 5.82 Å². The number of aliphatic hydroxyl groups is 1. The molecule has 2 heterocycles. The lowest BCUT2D eigenvalue weighted by Gasteiger charge is -2.25. The van der Waals surface area contributed by atoms with Gasteiger partial charge in [0.05, 0.1) is 6.20 Å². The second-order valence-corrected chi connectivity index (χ2v) is 4.19. The Morgan fingerprint density at radius 1 is 1.50 bits per heavy atom. The third-order valence-corrected chi connectivity index (χ3v) is 3.08. The van der Waals surface area contributed by atoms with Crippen molar-refractivity contribution in [2.75, 3.05) is 18.1 Å². The second-order valence-electron chi connectivity index (χ2n) is 4.19. The molecule has 2 rings (SSSR count). The van der Waals surface area contributed by atoms with E-state index in [1.807, 2.05) is 0 Å². The molecule has 1 fully saturated rings. The van der Waals surface area contributed by atoms with Gasteiger partial charge in [0.25, 0.3) is 0 Å². The van der Waals surface area contributed by atoms with E-state index in [1.54, 1.807) is 6.07 Å². The standard InChI is InChI=1S/C12H17FN2O/c13-10-5-6-12(14-9-10)15-7-1-3-11(15)4-2-8-16/h5-6,9,11,16H,1-4,7-8H2. The summed E-state index contributed by atoms with van der Waals surface area (Å²) in [6.45, 7) is 1.22. The molecular weight excluding hydrogens is 207 g/mol. The zero-order valence-corrected chi connectivity index (χ0v) is 9.27. The van der Waals surface area contributed by atoms with E-state index in [2.05, 4.69) is 9.88 Å². The van der Waals surface area contributed by atoms with Crippen LogP contribution in [0.15, 0.2) is 18.3 Å². The van der Waals surface area contributed by atoms with Gasteiger partial charge in [-0.2, -0.15) is 0 Å². The smallest absolute Gasteiger partial charge is 0.141 e. The Balaban J connectivity index is 2.04. The van der Waals surface area contributed by atoms with E-state index in [1.165, 1.54) is 12.3 Å². The minimum Gasteiger partial charge on any atom is -0.396 e. The monoisotopic (exact) mass is 224 g/mol. The lowest BCUT2D eigenvalue weighted by molar-refractivity contribution is 0.279. The summed E-state index contributed by atoms with van der Waals surface area (Å²) in [5.74, 6) is 0.552. The van der Waals surface area contributed by atoms with Crippen LogP contribution < -0.4 is 4.90 Å². The van der Waals surface area contributed by atoms with Crippen LogP contribution in [0.2, 0.25) is 0 Å².